The van der Waals surface area contributed by atoms with Gasteiger partial charge in [-0.25, -0.2) is 0 Å². The van der Waals surface area contributed by atoms with E-state index in [1.165, 1.54) is 0 Å². The van der Waals surface area contributed by atoms with Crippen LogP contribution in [0.2, 0.25) is 0 Å². The number of hydrogen-bond donors (Lipinski definition) is 0. The van der Waals surface area contributed by atoms with Gasteiger partial charge in [0.25, 0.3) is 0 Å². The van der Waals surface area contributed by atoms with E-state index in [1.54, 1.807) is 0 Å². The van der Waals surface area contributed by atoms with Gasteiger partial charge in [0.05, 0.1) is 0 Å². The summed E-state index contributed by atoms with van der Waals surface area (Å²) in [7, 11) is 0. The van der Waals surface area contributed by atoms with E-state index in [4.69, 9.17) is 16.0 Å². The van der Waals surface area contributed by atoms with Gasteiger partial charge in [-0.2, -0.15) is 0 Å². The Morgan fingerprint density at radius 2 is 1.11 bits per heavy atom. The molecule has 0 spiro atoms. The van der Waals surface area contributed by atoms with Crippen LogP contribution in [0.25, 0.3) is 0 Å². The van der Waals surface area contributed by atoms with Gasteiger partial charge in [0.2, 0.25) is 0 Å². The summed E-state index contributed by atoms with van der Waals surface area (Å²) in [5, 5.41) is 0. The summed E-state index contributed by atoms with van der Waals surface area (Å²) in [6, 6.07) is 0. The molecule has 2 radical (unpaired) electrons. The molecule has 0 aliphatic rings. The monoisotopic (exact) mass is 298 g/mol. The molecular weight excluding hydrogens is 298 g/mol. The molecule has 0 amide bonds. The molecule has 0 heterocycles. The Bertz CT molecular complexity index is 102. The van der Waals surface area contributed by atoms with Gasteiger partial charge in [0.1, 0.15) is 0 Å². The zero-order chi connectivity index (χ0) is 4.50. The summed E-state index contributed by atoms with van der Waals surface area (Å²) in [5.41, 5.74) is 0. The molecule has 0 atom stereocenters. The van der Waals surface area contributed by atoms with E-state index in [9.17, 15) is 0 Å². The van der Waals surface area contributed by atoms with E-state index in [1.807, 2.05) is 0 Å². The molecule has 0 saturated heterocycles. The van der Waals surface area contributed by atoms with E-state index in [0.717, 1.165) is 0 Å². The van der Waals surface area contributed by atoms with Gasteiger partial charge in [0.15, 0.2) is 0 Å². The first-order valence-electron chi connectivity index (χ1n) is 0.617. The molecule has 0 aromatic carbocycles. The third kappa shape index (κ3) is 145. The third-order valence-electron chi connectivity index (χ3n) is 0. The molecule has 0 saturated carbocycles. The molecule has 4 nitrogen and oxygen atoms in total. The van der Waals surface area contributed by atoms with Gasteiger partial charge >= 0.3 is 98.6 Å². The van der Waals surface area contributed by atoms with Crippen LogP contribution in [0.4, 0.5) is 0 Å². The van der Waals surface area contributed by atoms with Gasteiger partial charge in [-0.3, -0.25) is 0 Å². The molecule has 9 heteroatoms. The van der Waals surface area contributed by atoms with Gasteiger partial charge in [0, 0.05) is 0 Å². The van der Waals surface area contributed by atoms with Gasteiger partial charge in [-0.05, 0) is 0 Å². The summed E-state index contributed by atoms with van der Waals surface area (Å²) in [6.07, 6.45) is 0. The van der Waals surface area contributed by atoms with Crippen molar-refractivity contribution in [3.8, 4) is 0 Å². The molecule has 0 unspecified atom stereocenters. The van der Waals surface area contributed by atoms with Crippen molar-refractivity contribution in [1.82, 2.24) is 0 Å². The van der Waals surface area contributed by atoms with Crippen molar-refractivity contribution in [2.45, 2.75) is 0 Å². The minimum atomic E-state index is -5.62. The number of hydrogen-bond acceptors (Lipinski definition) is 4. The Labute approximate surface area is 97.6 Å². The van der Waals surface area contributed by atoms with Gasteiger partial charge in [-0.15, -0.1) is 0 Å². The predicted octanol–water partition coefficient (Wildman–Crippen LogP) is -5.62. The first-order chi connectivity index (χ1) is 2.00. The van der Waals surface area contributed by atoms with Gasteiger partial charge < -0.3 is 0 Å². The van der Waals surface area contributed by atoms with Crippen molar-refractivity contribution < 1.29 is 98.6 Å². The molecule has 0 aliphatic carbocycles. The van der Waals surface area contributed by atoms with Crippen LogP contribution in [0.15, 0.2) is 0 Å². The van der Waals surface area contributed by atoms with Crippen LogP contribution in [0.3, 0.4) is 0 Å². The van der Waals surface area contributed by atoms with Crippen LogP contribution in [0, 0.1) is 0 Å². The molecule has 0 bridgehead atoms. The Kier molecular flexibility index (Phi) is 43.2. The minimum absolute atomic E-state index is 0. The topological polar surface area (TPSA) is 80.3 Å². The second-order valence-corrected chi connectivity index (χ2v) is 1.56. The summed E-state index contributed by atoms with van der Waals surface area (Å²) in [6.45, 7) is 0. The summed E-state index contributed by atoms with van der Waals surface area (Å²) in [4.78, 5) is 0. The third-order valence-corrected chi connectivity index (χ3v) is 0. The second-order valence-electron chi connectivity index (χ2n) is 0.378. The molecule has 9 heavy (non-hydrogen) atoms. The Morgan fingerprint density at radius 1 is 1.11 bits per heavy atom. The SMILES string of the molecule is [Co+2].[Li+].[Mn+2].[Ni+2].[O]=[Mn](=[O])([O-])[O-]. The van der Waals surface area contributed by atoms with Crippen LogP contribution < -0.4 is 27.2 Å². The van der Waals surface area contributed by atoms with Crippen molar-refractivity contribution in [1.29, 1.82) is 0 Å². The quantitative estimate of drug-likeness (QED) is 0.418. The average Bonchev–Trinajstić information content (AvgIpc) is 0.722. The zero-order valence-electron chi connectivity index (χ0n) is 4.04. The molecule has 0 fully saturated rings. The Morgan fingerprint density at radius 3 is 1.11 bits per heavy atom. The molecule has 0 aromatic heterocycles. The molecule has 0 rings (SSSR count). The molecule has 0 aromatic rings. The van der Waals surface area contributed by atoms with E-state index in [-0.39, 0.29) is 69.2 Å². The maximum absolute atomic E-state index is 8.58. The molecule has 0 aliphatic heterocycles. The van der Waals surface area contributed by atoms with Crippen molar-refractivity contribution in [2.75, 3.05) is 0 Å². The van der Waals surface area contributed by atoms with E-state index >= 15 is 0 Å². The fourth-order valence-electron chi connectivity index (χ4n) is 0. The Hall–Kier alpha value is 2.16. The normalized spacial score (nSPS) is 6.44. The van der Waals surface area contributed by atoms with Crippen LogP contribution >= 0.6 is 0 Å². The second kappa shape index (κ2) is 12.8. The zero-order valence-corrected chi connectivity index (χ0v) is 8.43. The first-order valence-corrected chi connectivity index (χ1v) is 2.54. The number of rotatable bonds is 0. The summed E-state index contributed by atoms with van der Waals surface area (Å²) >= 11 is -5.62. The maximum atomic E-state index is 8.58. The fourth-order valence-corrected chi connectivity index (χ4v) is 0. The summed E-state index contributed by atoms with van der Waals surface area (Å²) < 4.78 is 34.3. The van der Waals surface area contributed by atoms with Crippen molar-refractivity contribution in [2.24, 2.45) is 0 Å². The Balaban J connectivity index is -0.0000000133. The van der Waals surface area contributed by atoms with Crippen LogP contribution in [0.1, 0.15) is 0 Å². The average molecular weight is 298 g/mol. The van der Waals surface area contributed by atoms with Gasteiger partial charge in [-0.1, -0.05) is 0 Å². The molecular formula is CoLiMn2NiO4+5. The van der Waals surface area contributed by atoms with Crippen molar-refractivity contribution in [3.63, 3.8) is 0 Å². The van der Waals surface area contributed by atoms with Crippen LogP contribution in [-0.4, -0.2) is 0 Å². The summed E-state index contributed by atoms with van der Waals surface area (Å²) in [5.74, 6) is 0. The van der Waals surface area contributed by atoms with Crippen molar-refractivity contribution >= 4 is 0 Å². The van der Waals surface area contributed by atoms with Crippen LogP contribution in [-0.2, 0) is 71.4 Å². The first kappa shape index (κ1) is 30.4. The fraction of sp³-hybridized carbons (Fsp3) is 0. The predicted molar refractivity (Wildman–Crippen MR) is 1.37 cm³/mol. The van der Waals surface area contributed by atoms with Crippen LogP contribution in [0.5, 0.6) is 0 Å². The van der Waals surface area contributed by atoms with E-state index in [2.05, 4.69) is 0 Å². The van der Waals surface area contributed by atoms with E-state index < -0.39 is 13.4 Å². The van der Waals surface area contributed by atoms with Crippen molar-refractivity contribution in [3.05, 3.63) is 0 Å². The molecule has 0 N–H and O–H groups in total. The molecule has 53 valence electrons. The standard InChI is InChI=1S/Co.Li.2Mn.Ni.4O/q+2;+1;;2*+2;;;2*-1. The van der Waals surface area contributed by atoms with E-state index in [0.29, 0.717) is 0 Å².